The van der Waals surface area contributed by atoms with E-state index in [1.165, 1.54) is 110 Å². The Morgan fingerprint density at radius 3 is 1.39 bits per heavy atom. The van der Waals surface area contributed by atoms with E-state index in [0.29, 0.717) is 11.3 Å². The van der Waals surface area contributed by atoms with Gasteiger partial charge in [0.25, 0.3) is 0 Å². The van der Waals surface area contributed by atoms with Crippen LogP contribution in [0.5, 0.6) is 0 Å². The van der Waals surface area contributed by atoms with Crippen LogP contribution in [0.2, 0.25) is 0 Å². The monoisotopic (exact) mass is 753 g/mol. The predicted octanol–water partition coefficient (Wildman–Crippen LogP) is 20.5. The van der Waals surface area contributed by atoms with Crippen LogP contribution < -0.4 is 0 Å². The average Bonchev–Trinajstić information content (AvgIpc) is 3.14. The van der Waals surface area contributed by atoms with Gasteiger partial charge in [-0.1, -0.05) is 269 Å². The number of benzene rings is 2. The highest BCUT2D eigenvalue weighted by atomic mass is 14.3. The first-order valence-corrected chi connectivity index (χ1v) is 21.4. The van der Waals surface area contributed by atoms with Gasteiger partial charge in [-0.2, -0.15) is 0 Å². The summed E-state index contributed by atoms with van der Waals surface area (Å²) < 4.78 is 0. The molecule has 0 fully saturated rings. The fourth-order valence-electron chi connectivity index (χ4n) is 4.57. The Bertz CT molecular complexity index is 1050. The van der Waals surface area contributed by atoms with E-state index in [1.54, 1.807) is 0 Å². The van der Waals surface area contributed by atoms with Crippen LogP contribution in [0.4, 0.5) is 0 Å². The van der Waals surface area contributed by atoms with E-state index in [4.69, 9.17) is 0 Å². The highest BCUT2D eigenvalue weighted by molar-refractivity contribution is 5.68. The maximum absolute atomic E-state index is 2.34. The lowest BCUT2D eigenvalue weighted by molar-refractivity contribution is 0.339. The SMILES string of the molecule is C.C.C.CC.CC(c1ccccc1)C(C)(C)C.CC1=CCCC=C1/C=C(\C)c1cccc(C)c1.CCCC.CCCC.CCCC.CCCC(C)CCC. The lowest BCUT2D eigenvalue weighted by atomic mass is 9.78. The number of hydrogen-bond acceptors (Lipinski definition) is 0. The maximum Gasteiger partial charge on any atom is -0.0142 e. The molecule has 320 valence electrons. The van der Waals surface area contributed by atoms with Gasteiger partial charge in [0.1, 0.15) is 0 Å². The van der Waals surface area contributed by atoms with E-state index in [2.05, 4.69) is 184 Å². The molecule has 0 nitrogen and oxygen atoms in total. The second-order valence-electron chi connectivity index (χ2n) is 15.0. The summed E-state index contributed by atoms with van der Waals surface area (Å²) in [6, 6.07) is 19.4. The molecule has 0 heterocycles. The van der Waals surface area contributed by atoms with Crippen molar-refractivity contribution in [1.29, 1.82) is 0 Å². The molecule has 0 saturated heterocycles. The lowest BCUT2D eigenvalue weighted by Crippen LogP contribution is -2.14. The van der Waals surface area contributed by atoms with Gasteiger partial charge >= 0.3 is 0 Å². The van der Waals surface area contributed by atoms with Crippen molar-refractivity contribution in [3.8, 4) is 0 Å². The van der Waals surface area contributed by atoms with Gasteiger partial charge in [-0.15, -0.1) is 0 Å². The van der Waals surface area contributed by atoms with E-state index in [-0.39, 0.29) is 22.3 Å². The van der Waals surface area contributed by atoms with Gasteiger partial charge in [0, 0.05) is 0 Å². The Hall–Kier alpha value is -2.34. The molecule has 3 rings (SSSR count). The van der Waals surface area contributed by atoms with Gasteiger partial charge in [0.05, 0.1) is 0 Å². The third-order valence-electron chi connectivity index (χ3n) is 8.94. The van der Waals surface area contributed by atoms with Crippen molar-refractivity contribution in [3.63, 3.8) is 0 Å². The van der Waals surface area contributed by atoms with E-state index >= 15 is 0 Å². The molecule has 0 aromatic heterocycles. The molecule has 0 saturated carbocycles. The summed E-state index contributed by atoms with van der Waals surface area (Å²) >= 11 is 0. The Labute approximate surface area is 346 Å². The van der Waals surface area contributed by atoms with E-state index < -0.39 is 0 Å². The Morgan fingerprint density at radius 2 is 1.04 bits per heavy atom. The first-order valence-electron chi connectivity index (χ1n) is 21.4. The summed E-state index contributed by atoms with van der Waals surface area (Å²) in [6.07, 6.45) is 22.8. The van der Waals surface area contributed by atoms with Gasteiger partial charge in [-0.25, -0.2) is 0 Å². The largest absolute Gasteiger partial charge is 0.0807 e. The van der Waals surface area contributed by atoms with Gasteiger partial charge in [0.15, 0.2) is 0 Å². The van der Waals surface area contributed by atoms with Crippen molar-refractivity contribution in [3.05, 3.63) is 101 Å². The van der Waals surface area contributed by atoms with E-state index in [9.17, 15) is 0 Å². The number of unbranched alkanes of at least 4 members (excludes halogenated alkanes) is 3. The topological polar surface area (TPSA) is 0 Å². The minimum Gasteiger partial charge on any atom is -0.0807 e. The molecule has 1 aliphatic rings. The van der Waals surface area contributed by atoms with Crippen molar-refractivity contribution >= 4 is 5.57 Å². The zero-order chi connectivity index (χ0) is 40.1. The molecule has 0 spiro atoms. The van der Waals surface area contributed by atoms with Crippen LogP contribution in [0.15, 0.2) is 84.0 Å². The minimum absolute atomic E-state index is 0. The number of allylic oxidation sites excluding steroid dienone is 6. The minimum atomic E-state index is 0. The van der Waals surface area contributed by atoms with Gasteiger partial charge < -0.3 is 0 Å². The van der Waals surface area contributed by atoms with Crippen LogP contribution in [-0.2, 0) is 0 Å². The normalized spacial score (nSPS) is 11.7. The van der Waals surface area contributed by atoms with Crippen LogP contribution in [0.3, 0.4) is 0 Å². The fraction of sp³-hybridized carbons (Fsp3) is 0.667. The summed E-state index contributed by atoms with van der Waals surface area (Å²) in [5.41, 5.74) is 8.57. The van der Waals surface area contributed by atoms with Crippen molar-refractivity contribution in [2.24, 2.45) is 11.3 Å². The molecule has 0 bridgehead atoms. The Morgan fingerprint density at radius 1 is 0.611 bits per heavy atom. The van der Waals surface area contributed by atoms with Crippen molar-refractivity contribution in [2.75, 3.05) is 0 Å². The first-order chi connectivity index (χ1) is 24.2. The fourth-order valence-corrected chi connectivity index (χ4v) is 4.57. The highest BCUT2D eigenvalue weighted by Gasteiger charge is 2.20. The van der Waals surface area contributed by atoms with Gasteiger partial charge in [-0.3, -0.25) is 0 Å². The van der Waals surface area contributed by atoms with Crippen molar-refractivity contribution in [2.45, 2.75) is 230 Å². The molecule has 1 unspecified atom stereocenters. The molecule has 2 aromatic rings. The third-order valence-corrected chi connectivity index (χ3v) is 8.94. The summed E-state index contributed by atoms with van der Waals surface area (Å²) in [4.78, 5) is 0. The van der Waals surface area contributed by atoms with Gasteiger partial charge in [0.2, 0.25) is 0 Å². The zero-order valence-corrected chi connectivity index (χ0v) is 38.1. The summed E-state index contributed by atoms with van der Waals surface area (Å²) in [5, 5.41) is 0. The molecule has 1 atom stereocenters. The van der Waals surface area contributed by atoms with Crippen LogP contribution >= 0.6 is 0 Å². The van der Waals surface area contributed by atoms with Gasteiger partial charge in [-0.05, 0) is 78.7 Å². The average molecular weight is 753 g/mol. The van der Waals surface area contributed by atoms with E-state index in [1.807, 2.05) is 13.8 Å². The van der Waals surface area contributed by atoms with E-state index in [0.717, 1.165) is 5.92 Å². The second-order valence-corrected chi connectivity index (χ2v) is 15.0. The van der Waals surface area contributed by atoms with Crippen LogP contribution in [0, 0.1) is 18.3 Å². The molecule has 0 N–H and O–H groups in total. The zero-order valence-electron chi connectivity index (χ0n) is 38.1. The Balaban J connectivity index is -0.000000106. The van der Waals surface area contributed by atoms with Crippen LogP contribution in [0.25, 0.3) is 5.57 Å². The summed E-state index contributed by atoms with van der Waals surface area (Å²) in [5.74, 6) is 1.59. The number of rotatable bonds is 10. The second kappa shape index (κ2) is 46.8. The number of aryl methyl sites for hydroxylation is 1. The molecule has 2 aromatic carbocycles. The third kappa shape index (κ3) is 40.8. The quantitative estimate of drug-likeness (QED) is 0.227. The molecule has 54 heavy (non-hydrogen) atoms. The van der Waals surface area contributed by atoms with Crippen molar-refractivity contribution < 1.29 is 0 Å². The summed E-state index contributed by atoms with van der Waals surface area (Å²) in [7, 11) is 0. The molecular weight excluding hydrogens is 649 g/mol. The highest BCUT2D eigenvalue weighted by Crippen LogP contribution is 2.34. The van der Waals surface area contributed by atoms with Crippen LogP contribution in [0.1, 0.15) is 240 Å². The molecule has 0 heteroatoms. The Kier molecular flexibility index (Phi) is 57.6. The van der Waals surface area contributed by atoms with Crippen LogP contribution in [-0.4, -0.2) is 0 Å². The standard InChI is InChI=1S/C17H20.C12H18.C8H18.3C4H10.C2H6.3CH4/c1-13-7-6-10-16(11-13)15(3)12-17-9-5-4-8-14(17)2;1-10(12(2,3)4)11-8-6-5-7-9-11;1-4-6-8(3)7-5-2;3*1-3-4-2;1-2;;;/h6-12H,4-5H2,1-3H3;5-10H,1-4H3;8H,4-7H2,1-3H3;3*3-4H2,1-2H3;1-2H3;3*1H4/b15-12+;;;;;;;;;. The predicted molar refractivity (Wildman–Crippen MR) is 262 cm³/mol. The molecule has 1 aliphatic carbocycles. The first kappa shape index (κ1) is 66.5. The maximum atomic E-state index is 2.34. The molecule has 0 amide bonds. The molecule has 0 aliphatic heterocycles. The molecule has 0 radical (unpaired) electrons. The lowest BCUT2D eigenvalue weighted by Gasteiger charge is -2.27. The smallest absolute Gasteiger partial charge is 0.0142 e. The number of hydrogen-bond donors (Lipinski definition) is 0. The molecular formula is C54H104. The van der Waals surface area contributed by atoms with Crippen molar-refractivity contribution in [1.82, 2.24) is 0 Å². The summed E-state index contributed by atoms with van der Waals surface area (Å²) in [6.45, 7) is 39.6.